The van der Waals surface area contributed by atoms with Crippen LogP contribution in [-0.2, 0) is 14.1 Å². The molecule has 1 N–H and O–H groups in total. The van der Waals surface area contributed by atoms with Crippen LogP contribution in [0.25, 0.3) is 0 Å². The minimum atomic E-state index is -0.566. The largest absolute Gasteiger partial charge is 0.392 e. The lowest BCUT2D eigenvalue weighted by Crippen LogP contribution is -2.55. The molecule has 8 nitrogen and oxygen atoms in total. The lowest BCUT2D eigenvalue weighted by Gasteiger charge is -2.42. The van der Waals surface area contributed by atoms with Gasteiger partial charge in [-0.3, -0.25) is 18.8 Å². The van der Waals surface area contributed by atoms with Crippen molar-refractivity contribution in [2.45, 2.75) is 26.0 Å². The average Bonchev–Trinajstić information content (AvgIpc) is 2.49. The number of hydrogen-bond donors (Lipinski definition) is 1. The van der Waals surface area contributed by atoms with Gasteiger partial charge in [0, 0.05) is 46.3 Å². The summed E-state index contributed by atoms with van der Waals surface area (Å²) < 4.78 is 2.32. The lowest BCUT2D eigenvalue weighted by atomic mass is 10.1. The zero-order valence-corrected chi connectivity index (χ0v) is 14.0. The summed E-state index contributed by atoms with van der Waals surface area (Å²) in [4.78, 5) is 28.5. The number of nitrogens with zero attached hydrogens (tertiary/aromatic N) is 5. The maximum atomic E-state index is 12.2. The van der Waals surface area contributed by atoms with Crippen LogP contribution in [0.15, 0.2) is 9.59 Å². The van der Waals surface area contributed by atoms with Crippen LogP contribution in [-0.4, -0.2) is 57.5 Å². The number of rotatable bonds is 3. The molecule has 2 heterocycles. The minimum Gasteiger partial charge on any atom is -0.392 e. The van der Waals surface area contributed by atoms with Crippen LogP contribution in [0, 0.1) is 11.3 Å². The van der Waals surface area contributed by atoms with E-state index < -0.39 is 17.4 Å². The van der Waals surface area contributed by atoms with Gasteiger partial charge in [-0.25, -0.2) is 4.79 Å². The summed E-state index contributed by atoms with van der Waals surface area (Å²) in [5, 5.41) is 18.9. The molecule has 8 heteroatoms. The molecule has 0 radical (unpaired) electrons. The zero-order chi connectivity index (χ0) is 17.3. The summed E-state index contributed by atoms with van der Waals surface area (Å²) in [5.41, 5.74) is -1.02. The Balaban J connectivity index is 2.43. The SMILES string of the molecule is CC(O)CN1CCN(c2c(C#N)c(=O)n(C)c(=O)n2C)C(C)C1. The van der Waals surface area contributed by atoms with Gasteiger partial charge >= 0.3 is 5.69 Å². The fourth-order valence-corrected chi connectivity index (χ4v) is 3.15. The highest BCUT2D eigenvalue weighted by Gasteiger charge is 2.29. The van der Waals surface area contributed by atoms with Gasteiger partial charge in [0.1, 0.15) is 11.9 Å². The Morgan fingerprint density at radius 3 is 2.48 bits per heavy atom. The number of β-amino-alcohol motifs (C(OH)–C–C–N with tert-alkyl or cyclic N) is 1. The van der Waals surface area contributed by atoms with E-state index >= 15 is 0 Å². The maximum absolute atomic E-state index is 12.2. The summed E-state index contributed by atoms with van der Waals surface area (Å²) in [6, 6.07) is 1.97. The van der Waals surface area contributed by atoms with E-state index in [2.05, 4.69) is 4.90 Å². The van der Waals surface area contributed by atoms with E-state index in [1.807, 2.05) is 17.9 Å². The number of aliphatic hydroxyl groups is 1. The Bertz CT molecular complexity index is 743. The van der Waals surface area contributed by atoms with Crippen molar-refractivity contribution >= 4 is 5.82 Å². The van der Waals surface area contributed by atoms with Gasteiger partial charge in [0.15, 0.2) is 5.56 Å². The van der Waals surface area contributed by atoms with Crippen LogP contribution in [0.3, 0.4) is 0 Å². The smallest absolute Gasteiger partial charge is 0.332 e. The predicted molar refractivity (Wildman–Crippen MR) is 86.6 cm³/mol. The van der Waals surface area contributed by atoms with Crippen molar-refractivity contribution in [1.82, 2.24) is 14.0 Å². The molecule has 0 aliphatic carbocycles. The first-order valence-electron chi connectivity index (χ1n) is 7.65. The zero-order valence-electron chi connectivity index (χ0n) is 14.0. The van der Waals surface area contributed by atoms with Crippen molar-refractivity contribution in [1.29, 1.82) is 5.26 Å². The van der Waals surface area contributed by atoms with Crippen molar-refractivity contribution in [2.24, 2.45) is 14.1 Å². The molecule has 0 aromatic carbocycles. The highest BCUT2D eigenvalue weighted by Crippen LogP contribution is 2.21. The molecule has 1 fully saturated rings. The molecule has 1 saturated heterocycles. The molecular formula is C15H23N5O3. The molecule has 1 aliphatic heterocycles. The lowest BCUT2D eigenvalue weighted by molar-refractivity contribution is 0.114. The van der Waals surface area contributed by atoms with E-state index in [-0.39, 0.29) is 11.6 Å². The highest BCUT2D eigenvalue weighted by atomic mass is 16.3. The van der Waals surface area contributed by atoms with E-state index in [1.165, 1.54) is 11.6 Å². The second-order valence-corrected chi connectivity index (χ2v) is 6.17. The number of piperazine rings is 1. The number of hydrogen-bond acceptors (Lipinski definition) is 6. The third kappa shape index (κ3) is 3.16. The standard InChI is InChI=1S/C15H23N5O3/c1-10-8-19(9-11(2)21)5-6-20(10)13-12(7-16)14(22)18(4)15(23)17(13)3/h10-11,21H,5-6,8-9H2,1-4H3. The van der Waals surface area contributed by atoms with Gasteiger partial charge in [0.2, 0.25) is 0 Å². The Morgan fingerprint density at radius 2 is 1.96 bits per heavy atom. The van der Waals surface area contributed by atoms with Crippen molar-refractivity contribution < 1.29 is 5.11 Å². The summed E-state index contributed by atoms with van der Waals surface area (Å²) in [6.45, 7) is 6.29. The third-order valence-electron chi connectivity index (χ3n) is 4.25. The van der Waals surface area contributed by atoms with E-state index in [4.69, 9.17) is 0 Å². The number of anilines is 1. The second-order valence-electron chi connectivity index (χ2n) is 6.17. The van der Waals surface area contributed by atoms with E-state index in [9.17, 15) is 20.0 Å². The highest BCUT2D eigenvalue weighted by molar-refractivity contribution is 5.54. The van der Waals surface area contributed by atoms with Crippen molar-refractivity contribution in [2.75, 3.05) is 31.1 Å². The minimum absolute atomic E-state index is 0.00886. The Morgan fingerprint density at radius 1 is 1.30 bits per heavy atom. The molecule has 1 aromatic rings. The molecular weight excluding hydrogens is 298 g/mol. The molecule has 0 bridgehead atoms. The first kappa shape index (κ1) is 17.2. The second kappa shape index (κ2) is 6.56. The molecule has 2 unspecified atom stereocenters. The predicted octanol–water partition coefficient (Wildman–Crippen LogP) is -1.15. The van der Waals surface area contributed by atoms with Crippen LogP contribution in [0.5, 0.6) is 0 Å². The molecule has 23 heavy (non-hydrogen) atoms. The number of nitriles is 1. The quantitative estimate of drug-likeness (QED) is 0.755. The summed E-state index contributed by atoms with van der Waals surface area (Å²) >= 11 is 0. The van der Waals surface area contributed by atoms with Gasteiger partial charge in [0.05, 0.1) is 6.10 Å². The van der Waals surface area contributed by atoms with Gasteiger partial charge in [0.25, 0.3) is 5.56 Å². The summed E-state index contributed by atoms with van der Waals surface area (Å²) in [7, 11) is 2.95. The third-order valence-corrected chi connectivity index (χ3v) is 4.25. The van der Waals surface area contributed by atoms with Gasteiger partial charge in [-0.05, 0) is 13.8 Å². The van der Waals surface area contributed by atoms with Crippen molar-refractivity contribution in [3.05, 3.63) is 26.4 Å². The molecule has 1 aliphatic rings. The van der Waals surface area contributed by atoms with Gasteiger partial charge in [-0.1, -0.05) is 0 Å². The monoisotopic (exact) mass is 321 g/mol. The maximum Gasteiger partial charge on any atom is 0.332 e. The Labute approximate surface area is 134 Å². The molecule has 0 spiro atoms. The molecule has 0 amide bonds. The average molecular weight is 321 g/mol. The van der Waals surface area contributed by atoms with E-state index in [0.717, 1.165) is 4.57 Å². The molecule has 2 rings (SSSR count). The van der Waals surface area contributed by atoms with Crippen molar-refractivity contribution in [3.8, 4) is 6.07 Å². The fourth-order valence-electron chi connectivity index (χ4n) is 3.15. The van der Waals surface area contributed by atoms with Gasteiger partial charge in [-0.2, -0.15) is 5.26 Å². The molecule has 126 valence electrons. The van der Waals surface area contributed by atoms with Gasteiger partial charge in [-0.15, -0.1) is 0 Å². The molecule has 0 saturated carbocycles. The summed E-state index contributed by atoms with van der Waals surface area (Å²) in [6.07, 6.45) is -0.406. The van der Waals surface area contributed by atoms with Crippen LogP contribution in [0.2, 0.25) is 0 Å². The van der Waals surface area contributed by atoms with Crippen LogP contribution in [0.4, 0.5) is 5.82 Å². The summed E-state index contributed by atoms with van der Waals surface area (Å²) in [5.74, 6) is 0.379. The number of aliphatic hydroxyl groups excluding tert-OH is 1. The van der Waals surface area contributed by atoms with E-state index in [0.29, 0.717) is 32.0 Å². The van der Waals surface area contributed by atoms with Gasteiger partial charge < -0.3 is 10.0 Å². The fraction of sp³-hybridized carbons (Fsp3) is 0.667. The van der Waals surface area contributed by atoms with Crippen molar-refractivity contribution in [3.63, 3.8) is 0 Å². The molecule has 1 aromatic heterocycles. The number of aromatic nitrogens is 2. The van der Waals surface area contributed by atoms with Crippen LogP contribution in [0.1, 0.15) is 19.4 Å². The Hall–Kier alpha value is -2.11. The topological polar surface area (TPSA) is 94.5 Å². The Kier molecular flexibility index (Phi) is 4.92. The normalized spacial score (nSPS) is 20.3. The van der Waals surface area contributed by atoms with Crippen LogP contribution < -0.4 is 16.1 Å². The van der Waals surface area contributed by atoms with Crippen LogP contribution >= 0.6 is 0 Å². The first-order valence-corrected chi connectivity index (χ1v) is 7.65. The van der Waals surface area contributed by atoms with E-state index in [1.54, 1.807) is 14.0 Å². The first-order chi connectivity index (χ1) is 10.8. The molecule has 2 atom stereocenters.